The Bertz CT molecular complexity index is 710. The fraction of sp³-hybridized carbons (Fsp3) is 0.467. The van der Waals surface area contributed by atoms with Crippen molar-refractivity contribution in [3.63, 3.8) is 0 Å². The lowest BCUT2D eigenvalue weighted by atomic mass is 10.0. The fourth-order valence-corrected chi connectivity index (χ4v) is 2.63. The number of benzene rings is 1. The van der Waals surface area contributed by atoms with Crippen LogP contribution >= 0.6 is 0 Å². The number of ether oxygens (including phenoxy) is 1. The van der Waals surface area contributed by atoms with Crippen LogP contribution in [0.4, 0.5) is 0 Å². The van der Waals surface area contributed by atoms with E-state index in [9.17, 15) is 9.59 Å². The molecule has 112 valence electrons. The number of rotatable bonds is 3. The van der Waals surface area contributed by atoms with Crippen molar-refractivity contribution in [1.29, 1.82) is 0 Å². The van der Waals surface area contributed by atoms with Crippen molar-refractivity contribution in [1.82, 2.24) is 9.88 Å². The quantitative estimate of drug-likeness (QED) is 0.924. The van der Waals surface area contributed by atoms with Gasteiger partial charge in [-0.05, 0) is 30.9 Å². The van der Waals surface area contributed by atoms with Gasteiger partial charge in [-0.15, -0.1) is 0 Å². The lowest BCUT2D eigenvalue weighted by Gasteiger charge is -2.22. The maximum atomic E-state index is 12.3. The molecule has 1 unspecified atom stereocenters. The molecule has 0 aliphatic carbocycles. The summed E-state index contributed by atoms with van der Waals surface area (Å²) in [6.45, 7) is 2.07. The lowest BCUT2D eigenvalue weighted by Crippen LogP contribution is -2.33. The third-order valence-electron chi connectivity index (χ3n) is 3.87. The van der Waals surface area contributed by atoms with Gasteiger partial charge in [-0.1, -0.05) is 6.07 Å². The summed E-state index contributed by atoms with van der Waals surface area (Å²) in [5.41, 5.74) is 1.35. The zero-order valence-electron chi connectivity index (χ0n) is 11.9. The average molecular weight is 290 g/mol. The molecule has 1 atom stereocenters. The van der Waals surface area contributed by atoms with Gasteiger partial charge in [0.15, 0.2) is 5.58 Å². The van der Waals surface area contributed by atoms with Crippen molar-refractivity contribution >= 4 is 17.0 Å². The van der Waals surface area contributed by atoms with Gasteiger partial charge in [-0.2, -0.15) is 0 Å². The number of nitrogens with zero attached hydrogens (tertiary/aromatic N) is 1. The summed E-state index contributed by atoms with van der Waals surface area (Å²) >= 11 is 0. The Morgan fingerprint density at radius 3 is 3.10 bits per heavy atom. The van der Waals surface area contributed by atoms with Crippen molar-refractivity contribution in [2.24, 2.45) is 13.0 Å². The van der Waals surface area contributed by atoms with Gasteiger partial charge < -0.3 is 14.5 Å². The zero-order chi connectivity index (χ0) is 14.8. The van der Waals surface area contributed by atoms with E-state index in [1.54, 1.807) is 25.2 Å². The SMILES string of the molecule is Cn1c(=O)oc2c(C(=O)NCC3CCCOC3)cccc21. The molecular weight excluding hydrogens is 272 g/mol. The van der Waals surface area contributed by atoms with Gasteiger partial charge >= 0.3 is 5.76 Å². The number of oxazole rings is 1. The summed E-state index contributed by atoms with van der Waals surface area (Å²) in [5, 5.41) is 2.90. The number of hydrogen-bond donors (Lipinski definition) is 1. The van der Waals surface area contributed by atoms with E-state index in [1.807, 2.05) is 0 Å². The van der Waals surface area contributed by atoms with E-state index in [2.05, 4.69) is 5.32 Å². The number of carbonyl (C=O) groups excluding carboxylic acids is 1. The molecule has 1 saturated heterocycles. The van der Waals surface area contributed by atoms with Crippen LogP contribution in [0, 0.1) is 5.92 Å². The molecule has 1 aliphatic heterocycles. The van der Waals surface area contributed by atoms with E-state index < -0.39 is 5.76 Å². The number of fused-ring (bicyclic) bond motifs is 1. The Hall–Kier alpha value is -2.08. The topological polar surface area (TPSA) is 73.5 Å². The van der Waals surface area contributed by atoms with Gasteiger partial charge in [-0.3, -0.25) is 9.36 Å². The van der Waals surface area contributed by atoms with Crippen LogP contribution in [0.5, 0.6) is 0 Å². The first-order valence-corrected chi connectivity index (χ1v) is 7.11. The zero-order valence-corrected chi connectivity index (χ0v) is 11.9. The minimum atomic E-state index is -0.467. The highest BCUT2D eigenvalue weighted by Crippen LogP contribution is 2.18. The number of nitrogens with one attached hydrogen (secondary N) is 1. The first kappa shape index (κ1) is 13.9. The number of aromatic nitrogens is 1. The molecule has 0 radical (unpaired) electrons. The molecule has 0 bridgehead atoms. The number of para-hydroxylation sites is 1. The second-order valence-electron chi connectivity index (χ2n) is 5.37. The Morgan fingerprint density at radius 1 is 1.48 bits per heavy atom. The van der Waals surface area contributed by atoms with Gasteiger partial charge in [0.2, 0.25) is 0 Å². The molecule has 21 heavy (non-hydrogen) atoms. The second-order valence-corrected chi connectivity index (χ2v) is 5.37. The van der Waals surface area contributed by atoms with E-state index in [-0.39, 0.29) is 5.91 Å². The standard InChI is InChI=1S/C15H18N2O4/c1-17-12-6-2-5-11(13(12)21-15(17)19)14(18)16-8-10-4-3-7-20-9-10/h2,5-6,10H,3-4,7-9H2,1H3,(H,16,18). The van der Waals surface area contributed by atoms with E-state index >= 15 is 0 Å². The molecule has 6 nitrogen and oxygen atoms in total. The van der Waals surface area contributed by atoms with Crippen LogP contribution in [-0.4, -0.2) is 30.2 Å². The van der Waals surface area contributed by atoms with Crippen LogP contribution in [0.15, 0.2) is 27.4 Å². The molecule has 1 aromatic heterocycles. The van der Waals surface area contributed by atoms with Gasteiger partial charge in [-0.25, -0.2) is 4.79 Å². The van der Waals surface area contributed by atoms with Gasteiger partial charge in [0.25, 0.3) is 5.91 Å². The van der Waals surface area contributed by atoms with Crippen LogP contribution in [-0.2, 0) is 11.8 Å². The summed E-state index contributed by atoms with van der Waals surface area (Å²) in [7, 11) is 1.62. The maximum absolute atomic E-state index is 12.3. The Balaban J connectivity index is 1.78. The molecule has 1 aromatic carbocycles. The van der Waals surface area contributed by atoms with Crippen molar-refractivity contribution in [2.75, 3.05) is 19.8 Å². The predicted molar refractivity (Wildman–Crippen MR) is 77.3 cm³/mol. The summed E-state index contributed by atoms with van der Waals surface area (Å²) in [6.07, 6.45) is 2.09. The minimum absolute atomic E-state index is 0.222. The van der Waals surface area contributed by atoms with E-state index in [4.69, 9.17) is 9.15 Å². The van der Waals surface area contributed by atoms with Crippen LogP contribution in [0.2, 0.25) is 0 Å². The molecule has 1 N–H and O–H groups in total. The van der Waals surface area contributed by atoms with E-state index in [0.717, 1.165) is 19.4 Å². The monoisotopic (exact) mass is 290 g/mol. The van der Waals surface area contributed by atoms with Crippen molar-refractivity contribution < 1.29 is 13.9 Å². The highest BCUT2D eigenvalue weighted by Gasteiger charge is 2.18. The molecule has 6 heteroatoms. The number of amides is 1. The normalized spacial score (nSPS) is 18.8. The van der Waals surface area contributed by atoms with Crippen LogP contribution in [0.1, 0.15) is 23.2 Å². The summed E-state index contributed by atoms with van der Waals surface area (Å²) < 4.78 is 11.9. The van der Waals surface area contributed by atoms with Crippen molar-refractivity contribution in [3.05, 3.63) is 34.3 Å². The molecule has 0 saturated carbocycles. The van der Waals surface area contributed by atoms with Crippen molar-refractivity contribution in [2.45, 2.75) is 12.8 Å². The summed E-state index contributed by atoms with van der Waals surface area (Å²) in [4.78, 5) is 23.9. The number of hydrogen-bond acceptors (Lipinski definition) is 4. The average Bonchev–Trinajstić information content (AvgIpc) is 2.81. The first-order valence-electron chi connectivity index (χ1n) is 7.11. The Kier molecular flexibility index (Phi) is 3.79. The molecule has 3 rings (SSSR count). The second kappa shape index (κ2) is 5.73. The highest BCUT2D eigenvalue weighted by atomic mass is 16.5. The molecule has 1 aliphatic rings. The van der Waals surface area contributed by atoms with Crippen LogP contribution in [0.3, 0.4) is 0 Å². The minimum Gasteiger partial charge on any atom is -0.407 e. The number of aryl methyl sites for hydroxylation is 1. The molecule has 2 aromatic rings. The van der Waals surface area contributed by atoms with Crippen LogP contribution in [0.25, 0.3) is 11.1 Å². The van der Waals surface area contributed by atoms with Crippen LogP contribution < -0.4 is 11.1 Å². The Morgan fingerprint density at radius 2 is 2.33 bits per heavy atom. The molecule has 0 spiro atoms. The van der Waals surface area contributed by atoms with E-state index in [0.29, 0.717) is 35.7 Å². The van der Waals surface area contributed by atoms with E-state index in [1.165, 1.54) is 4.57 Å². The lowest BCUT2D eigenvalue weighted by molar-refractivity contribution is 0.0536. The third kappa shape index (κ3) is 2.71. The highest BCUT2D eigenvalue weighted by molar-refractivity contribution is 6.04. The van der Waals surface area contributed by atoms with Crippen molar-refractivity contribution in [3.8, 4) is 0 Å². The maximum Gasteiger partial charge on any atom is 0.419 e. The molecule has 1 amide bonds. The van der Waals surface area contributed by atoms with Gasteiger partial charge in [0, 0.05) is 20.2 Å². The molecular formula is C15H18N2O4. The third-order valence-corrected chi connectivity index (χ3v) is 3.87. The first-order chi connectivity index (χ1) is 10.2. The molecule has 2 heterocycles. The smallest absolute Gasteiger partial charge is 0.407 e. The van der Waals surface area contributed by atoms with Gasteiger partial charge in [0.1, 0.15) is 0 Å². The fourth-order valence-electron chi connectivity index (χ4n) is 2.63. The largest absolute Gasteiger partial charge is 0.419 e. The Labute approximate surface area is 121 Å². The number of carbonyl (C=O) groups is 1. The summed E-state index contributed by atoms with van der Waals surface area (Å²) in [6, 6.07) is 5.17. The summed E-state index contributed by atoms with van der Waals surface area (Å²) in [5.74, 6) is -0.337. The molecule has 1 fully saturated rings. The predicted octanol–water partition coefficient (Wildman–Crippen LogP) is 1.29. The van der Waals surface area contributed by atoms with Gasteiger partial charge in [0.05, 0.1) is 17.7 Å².